The summed E-state index contributed by atoms with van der Waals surface area (Å²) in [7, 11) is -10.9. The number of aliphatic hydroxyl groups excluding tert-OH is 3. The minimum atomic E-state index is -5.47. The summed E-state index contributed by atoms with van der Waals surface area (Å²) in [5.74, 6) is -0.710. The van der Waals surface area contributed by atoms with E-state index in [1.807, 2.05) is 12.2 Å². The normalized spacial score (nSPS) is 20.0. The zero-order valence-electron chi connectivity index (χ0n) is 43.9. The number of nitrogens with two attached hydrogens (primary N) is 1. The molecule has 1 fully saturated rings. The van der Waals surface area contributed by atoms with Crippen molar-refractivity contribution in [3.8, 4) is 0 Å². The van der Waals surface area contributed by atoms with Gasteiger partial charge >= 0.3 is 33.3 Å². The molecule has 1 aliphatic heterocycles. The van der Waals surface area contributed by atoms with Crippen molar-refractivity contribution in [2.45, 2.75) is 199 Å². The van der Waals surface area contributed by atoms with Gasteiger partial charge in [0.05, 0.1) is 19.3 Å². The molecule has 7 N–H and O–H groups in total. The van der Waals surface area contributed by atoms with Crippen LogP contribution in [0.5, 0.6) is 0 Å². The third kappa shape index (κ3) is 32.6. The first-order chi connectivity index (χ1) is 35.4. The lowest BCUT2D eigenvalue weighted by Gasteiger charge is -2.21. The number of anilines is 1. The van der Waals surface area contributed by atoms with E-state index in [2.05, 4.69) is 66.5 Å². The fourth-order valence-corrected chi connectivity index (χ4v) is 9.60. The molecule has 2 rings (SSSR count). The summed E-state index contributed by atoms with van der Waals surface area (Å²) in [5.41, 5.74) is 4.57. The number of carbonyl (C=O) groups is 2. The average molecular weight is 1080 g/mol. The van der Waals surface area contributed by atoms with E-state index in [1.54, 1.807) is 24.3 Å². The molecule has 74 heavy (non-hydrogen) atoms. The van der Waals surface area contributed by atoms with Gasteiger partial charge in [0, 0.05) is 19.0 Å². The topological polar surface area (TPSA) is 286 Å². The van der Waals surface area contributed by atoms with Crippen LogP contribution in [0.25, 0.3) is 0 Å². The Morgan fingerprint density at radius 2 is 1.34 bits per heavy atom. The molecule has 0 amide bonds. The first-order valence-electron chi connectivity index (χ1n) is 26.4. The van der Waals surface area contributed by atoms with E-state index in [-0.39, 0.29) is 31.5 Å². The van der Waals surface area contributed by atoms with Crippen molar-refractivity contribution in [2.75, 3.05) is 25.6 Å². The molecule has 0 bridgehead atoms. The van der Waals surface area contributed by atoms with E-state index in [9.17, 15) is 48.6 Å². The Labute approximate surface area is 438 Å². The highest BCUT2D eigenvalue weighted by atomic mass is 31.3. The van der Waals surface area contributed by atoms with E-state index in [4.69, 9.17) is 29.0 Å². The zero-order chi connectivity index (χ0) is 54.5. The molecule has 1 aromatic rings. The summed E-state index contributed by atoms with van der Waals surface area (Å²) in [4.78, 5) is 62.0. The molecule has 420 valence electrons. The molecule has 8 atom stereocenters. The number of esters is 2. The number of carbonyl (C=O) groups excluding carboxylic acids is 2. The molecule has 0 saturated carbocycles. The Balaban J connectivity index is 1.85. The molecule has 0 aromatic carbocycles. The van der Waals surface area contributed by atoms with Crippen LogP contribution in [-0.4, -0.2) is 96.9 Å². The third-order valence-electron chi connectivity index (χ3n) is 11.6. The number of phosphoric acid groups is 2. The number of rotatable bonds is 42. The van der Waals surface area contributed by atoms with Crippen LogP contribution in [-0.2, 0) is 46.3 Å². The Morgan fingerprint density at radius 3 is 1.95 bits per heavy atom. The summed E-state index contributed by atoms with van der Waals surface area (Å²) in [5, 5.41) is 31.2. The number of phosphoric ester groups is 2. The predicted octanol–water partition coefficient (Wildman–Crippen LogP) is 10.1. The van der Waals surface area contributed by atoms with Crippen LogP contribution >= 0.6 is 15.6 Å². The van der Waals surface area contributed by atoms with Crippen LogP contribution in [0.15, 0.2) is 90.0 Å². The fourth-order valence-electron chi connectivity index (χ4n) is 7.49. The third-order valence-corrected chi connectivity index (χ3v) is 14.2. The second-order valence-corrected chi connectivity index (χ2v) is 21.7. The molecule has 1 aliphatic rings. The average Bonchev–Trinajstić information content (AvgIpc) is 3.62. The number of aromatic nitrogens is 2. The highest BCUT2D eigenvalue weighted by Gasteiger charge is 2.46. The van der Waals surface area contributed by atoms with Crippen molar-refractivity contribution in [1.82, 2.24) is 9.55 Å². The summed E-state index contributed by atoms with van der Waals surface area (Å²) < 4.78 is 56.7. The molecule has 1 aromatic heterocycles. The quantitative estimate of drug-likeness (QED) is 0.0117. The second kappa shape index (κ2) is 39.5. The minimum absolute atomic E-state index is 0.0887. The van der Waals surface area contributed by atoms with Gasteiger partial charge in [-0.05, 0) is 56.9 Å². The van der Waals surface area contributed by atoms with Gasteiger partial charge in [-0.15, -0.1) is 0 Å². The number of hydrogen-bond donors (Lipinski definition) is 6. The van der Waals surface area contributed by atoms with Gasteiger partial charge in [0.15, 0.2) is 12.3 Å². The van der Waals surface area contributed by atoms with Gasteiger partial charge in [-0.2, -0.15) is 9.29 Å². The molecule has 2 heterocycles. The van der Waals surface area contributed by atoms with Gasteiger partial charge < -0.3 is 45.1 Å². The first-order valence-corrected chi connectivity index (χ1v) is 29.4. The van der Waals surface area contributed by atoms with E-state index < -0.39 is 89.8 Å². The zero-order valence-corrected chi connectivity index (χ0v) is 45.7. The van der Waals surface area contributed by atoms with Crippen LogP contribution in [0.3, 0.4) is 0 Å². The molecule has 1 saturated heterocycles. The second-order valence-electron chi connectivity index (χ2n) is 18.7. The SMILES string of the molecule is CC/C=C\C/C=C\C/C=C\C/C=C\C=C/C(O)C/C=C\CCC(=O)O[C@H](COC(=O)CCCCCCCCCCCCCCCC(C)C)COP(=O)(O)OP(=O)(O)OC[C@H]1O[C@@H](n2ccc(N)nc2=O)[C@H](O)[C@@H]1O. The van der Waals surface area contributed by atoms with Gasteiger partial charge in [-0.3, -0.25) is 23.2 Å². The van der Waals surface area contributed by atoms with Gasteiger partial charge in [0.1, 0.15) is 30.7 Å². The molecular formula is C53H87N3O16P2. The smallest absolute Gasteiger partial charge is 0.462 e. The van der Waals surface area contributed by atoms with Gasteiger partial charge in [-0.1, -0.05) is 177 Å². The van der Waals surface area contributed by atoms with Gasteiger partial charge in [0.25, 0.3) is 0 Å². The highest BCUT2D eigenvalue weighted by molar-refractivity contribution is 7.61. The minimum Gasteiger partial charge on any atom is -0.462 e. The van der Waals surface area contributed by atoms with Crippen molar-refractivity contribution < 1.29 is 71.4 Å². The number of ether oxygens (including phenoxy) is 3. The molecule has 0 aliphatic carbocycles. The standard InChI is InChI=1S/C53H87N3O16P2/c1-4-5-6-7-8-9-10-12-16-19-22-25-29-34-44(57)35-30-27-32-37-49(59)70-45(40-67-48(58)36-31-26-23-20-17-14-11-13-15-18-21-24-28-33-43(2)3)41-68-73(63,64)72-74(65,66)69-42-46-50(60)51(61)52(71-46)56-39-38-47(54)55-53(56)62/h5-6,8-9,12,16,22,25,27,29-30,34,38-39,43-46,50-52,57,60-61H,4,7,10-11,13-15,17-21,23-24,26,28,31-33,35-37,40-42H2,1-3H3,(H,63,64)(H,65,66)(H2,54,55,62)/b6-5-,9-8-,16-12-,25-22-,30-27-,34-29-/t44?,45-,46-,50-,51-,52-/m1/s1. The summed E-state index contributed by atoms with van der Waals surface area (Å²) >= 11 is 0. The molecule has 3 unspecified atom stereocenters. The molecule has 0 spiro atoms. The summed E-state index contributed by atoms with van der Waals surface area (Å²) in [6, 6.07) is 1.24. The molecule has 21 heteroatoms. The van der Waals surface area contributed by atoms with Gasteiger partial charge in [0.2, 0.25) is 0 Å². The number of unbranched alkanes of at least 4 members (excludes halogenated alkanes) is 12. The highest BCUT2D eigenvalue weighted by Crippen LogP contribution is 2.60. The molecule has 19 nitrogen and oxygen atoms in total. The van der Waals surface area contributed by atoms with Crippen LogP contribution in [0.1, 0.15) is 168 Å². The molecule has 0 radical (unpaired) electrons. The molecular weight excluding hydrogens is 997 g/mol. The van der Waals surface area contributed by atoms with Crippen molar-refractivity contribution in [1.29, 1.82) is 0 Å². The van der Waals surface area contributed by atoms with Crippen molar-refractivity contribution in [3.63, 3.8) is 0 Å². The Bertz CT molecular complexity index is 2060. The van der Waals surface area contributed by atoms with Crippen LogP contribution < -0.4 is 11.4 Å². The fraction of sp³-hybridized carbons (Fsp3) is 0.660. The number of aliphatic hydroxyl groups is 3. The number of allylic oxidation sites excluding steroid dienone is 10. The van der Waals surface area contributed by atoms with E-state index >= 15 is 0 Å². The summed E-state index contributed by atoms with van der Waals surface area (Å²) in [6.45, 7) is 4.19. The lowest BCUT2D eigenvalue weighted by Crippen LogP contribution is -2.36. The van der Waals surface area contributed by atoms with Crippen molar-refractivity contribution >= 4 is 33.4 Å². The number of nitrogen functional groups attached to an aromatic ring is 1. The van der Waals surface area contributed by atoms with E-state index in [0.29, 0.717) is 6.42 Å². The number of hydrogen-bond acceptors (Lipinski definition) is 16. The maximum Gasteiger partial charge on any atom is 0.481 e. The largest absolute Gasteiger partial charge is 0.481 e. The lowest BCUT2D eigenvalue weighted by atomic mass is 10.0. The van der Waals surface area contributed by atoms with Crippen LogP contribution in [0.2, 0.25) is 0 Å². The number of nitrogens with zero attached hydrogens (tertiary/aromatic N) is 2. The maximum absolute atomic E-state index is 12.9. The van der Waals surface area contributed by atoms with Crippen molar-refractivity contribution in [3.05, 3.63) is 95.7 Å². The predicted molar refractivity (Wildman–Crippen MR) is 285 cm³/mol. The first kappa shape index (κ1) is 66.3. The van der Waals surface area contributed by atoms with E-state index in [1.165, 1.54) is 63.9 Å². The Hall–Kier alpha value is -3.84. The summed E-state index contributed by atoms with van der Waals surface area (Å²) in [6.07, 6.45) is 35.9. The van der Waals surface area contributed by atoms with Crippen LogP contribution in [0.4, 0.5) is 5.82 Å². The Morgan fingerprint density at radius 1 is 0.757 bits per heavy atom. The van der Waals surface area contributed by atoms with Gasteiger partial charge in [-0.25, -0.2) is 13.9 Å². The monoisotopic (exact) mass is 1080 g/mol. The lowest BCUT2D eigenvalue weighted by molar-refractivity contribution is -0.161. The van der Waals surface area contributed by atoms with E-state index in [0.717, 1.165) is 68.0 Å². The van der Waals surface area contributed by atoms with Crippen molar-refractivity contribution in [2.24, 2.45) is 5.92 Å². The maximum atomic E-state index is 12.9. The Kier molecular flexibility index (Phi) is 35.4. The van der Waals surface area contributed by atoms with Crippen LogP contribution in [0, 0.1) is 5.92 Å².